The molecule has 1 saturated carbocycles. The largest absolute Gasteiger partial charge is 0.375 e. The maximum atomic E-state index is 6.14. The highest BCUT2D eigenvalue weighted by Crippen LogP contribution is 2.36. The molecular formula is C15H29NO2. The lowest BCUT2D eigenvalue weighted by Crippen LogP contribution is -2.56. The molecule has 2 fully saturated rings. The molecule has 0 radical (unpaired) electrons. The van der Waals surface area contributed by atoms with Crippen LogP contribution in [0.4, 0.5) is 0 Å². The molecule has 18 heavy (non-hydrogen) atoms. The predicted molar refractivity (Wildman–Crippen MR) is 73.8 cm³/mol. The minimum Gasteiger partial charge on any atom is -0.375 e. The Labute approximate surface area is 112 Å². The second-order valence-electron chi connectivity index (χ2n) is 7.66. The molecular weight excluding hydrogens is 226 g/mol. The first-order valence-corrected chi connectivity index (χ1v) is 7.23. The van der Waals surface area contributed by atoms with Crippen LogP contribution in [0.2, 0.25) is 0 Å². The summed E-state index contributed by atoms with van der Waals surface area (Å²) in [6, 6.07) is 0.533. The standard InChI is InChI=1S/C15H29NO2/c1-14(2,3)16-7-8-17-13-10-11(9-12(13)16)18-15(4,5)6/h11-13H,7-10H2,1-6H3. The van der Waals surface area contributed by atoms with Crippen molar-refractivity contribution < 1.29 is 9.47 Å². The second-order valence-corrected chi connectivity index (χ2v) is 7.66. The first-order valence-electron chi connectivity index (χ1n) is 7.23. The summed E-state index contributed by atoms with van der Waals surface area (Å²) in [5.41, 5.74) is 0.175. The first-order chi connectivity index (χ1) is 8.17. The highest BCUT2D eigenvalue weighted by atomic mass is 16.5. The molecule has 0 N–H and O–H groups in total. The van der Waals surface area contributed by atoms with Gasteiger partial charge in [-0.3, -0.25) is 4.90 Å². The van der Waals surface area contributed by atoms with E-state index in [0.717, 1.165) is 26.0 Å². The Morgan fingerprint density at radius 2 is 1.72 bits per heavy atom. The zero-order valence-corrected chi connectivity index (χ0v) is 12.8. The molecule has 0 spiro atoms. The van der Waals surface area contributed by atoms with Gasteiger partial charge in [-0.05, 0) is 48.0 Å². The van der Waals surface area contributed by atoms with Gasteiger partial charge in [-0.2, -0.15) is 0 Å². The minimum atomic E-state index is -0.0509. The van der Waals surface area contributed by atoms with E-state index < -0.39 is 0 Å². The van der Waals surface area contributed by atoms with Gasteiger partial charge in [-0.1, -0.05) is 0 Å². The number of morpholine rings is 1. The van der Waals surface area contributed by atoms with E-state index in [1.807, 2.05) is 0 Å². The molecule has 3 nitrogen and oxygen atoms in total. The van der Waals surface area contributed by atoms with Crippen molar-refractivity contribution in [2.24, 2.45) is 0 Å². The van der Waals surface area contributed by atoms with Crippen LogP contribution in [0, 0.1) is 0 Å². The van der Waals surface area contributed by atoms with Crippen LogP contribution >= 0.6 is 0 Å². The molecule has 0 aromatic carbocycles. The van der Waals surface area contributed by atoms with Crippen LogP contribution in [0.3, 0.4) is 0 Å². The molecule has 0 aromatic heterocycles. The number of fused-ring (bicyclic) bond motifs is 1. The summed E-state index contributed by atoms with van der Waals surface area (Å²) in [7, 11) is 0. The van der Waals surface area contributed by atoms with Gasteiger partial charge in [-0.25, -0.2) is 0 Å². The summed E-state index contributed by atoms with van der Waals surface area (Å²) in [5, 5.41) is 0. The Bertz CT molecular complexity index is 290. The third-order valence-electron chi connectivity index (χ3n) is 3.88. The van der Waals surface area contributed by atoms with Crippen LogP contribution in [0.15, 0.2) is 0 Å². The average molecular weight is 255 g/mol. The number of hydrogen-bond donors (Lipinski definition) is 0. The van der Waals surface area contributed by atoms with Crippen LogP contribution < -0.4 is 0 Å². The minimum absolute atomic E-state index is 0.0509. The summed E-state index contributed by atoms with van der Waals surface area (Å²) < 4.78 is 12.1. The van der Waals surface area contributed by atoms with E-state index in [2.05, 4.69) is 46.4 Å². The lowest BCUT2D eigenvalue weighted by molar-refractivity contribution is -0.0878. The molecule has 1 heterocycles. The Hall–Kier alpha value is -0.120. The van der Waals surface area contributed by atoms with Gasteiger partial charge < -0.3 is 9.47 Å². The number of nitrogens with zero attached hydrogens (tertiary/aromatic N) is 1. The molecule has 0 aromatic rings. The van der Waals surface area contributed by atoms with Crippen molar-refractivity contribution in [1.82, 2.24) is 4.90 Å². The summed E-state index contributed by atoms with van der Waals surface area (Å²) >= 11 is 0. The second kappa shape index (κ2) is 4.77. The van der Waals surface area contributed by atoms with Crippen LogP contribution in [-0.2, 0) is 9.47 Å². The molecule has 0 amide bonds. The molecule has 1 aliphatic heterocycles. The van der Waals surface area contributed by atoms with Crippen molar-refractivity contribution in [3.05, 3.63) is 0 Å². The van der Waals surface area contributed by atoms with Gasteiger partial charge in [0.05, 0.1) is 24.4 Å². The zero-order valence-electron chi connectivity index (χ0n) is 12.8. The van der Waals surface area contributed by atoms with Gasteiger partial charge in [0, 0.05) is 24.5 Å². The smallest absolute Gasteiger partial charge is 0.0756 e. The molecule has 3 atom stereocenters. The van der Waals surface area contributed by atoms with Gasteiger partial charge in [-0.15, -0.1) is 0 Å². The fourth-order valence-electron chi connectivity index (χ4n) is 3.34. The van der Waals surface area contributed by atoms with E-state index in [-0.39, 0.29) is 11.1 Å². The lowest BCUT2D eigenvalue weighted by Gasteiger charge is -2.45. The highest BCUT2D eigenvalue weighted by Gasteiger charge is 2.45. The topological polar surface area (TPSA) is 21.7 Å². The van der Waals surface area contributed by atoms with E-state index in [9.17, 15) is 0 Å². The summed E-state index contributed by atoms with van der Waals surface area (Å²) in [6.07, 6.45) is 2.88. The van der Waals surface area contributed by atoms with E-state index in [0.29, 0.717) is 18.2 Å². The maximum absolute atomic E-state index is 6.14. The van der Waals surface area contributed by atoms with E-state index in [4.69, 9.17) is 9.47 Å². The fraction of sp³-hybridized carbons (Fsp3) is 1.00. The lowest BCUT2D eigenvalue weighted by atomic mass is 9.99. The van der Waals surface area contributed by atoms with Crippen LogP contribution in [0.25, 0.3) is 0 Å². The number of hydrogen-bond acceptors (Lipinski definition) is 3. The number of rotatable bonds is 1. The molecule has 1 aliphatic carbocycles. The third-order valence-corrected chi connectivity index (χ3v) is 3.88. The quantitative estimate of drug-likeness (QED) is 0.719. The first kappa shape index (κ1) is 14.3. The average Bonchev–Trinajstić information content (AvgIpc) is 2.53. The van der Waals surface area contributed by atoms with E-state index in [1.165, 1.54) is 0 Å². The molecule has 2 rings (SSSR count). The monoisotopic (exact) mass is 255 g/mol. The van der Waals surface area contributed by atoms with Crippen molar-refractivity contribution in [2.45, 2.75) is 83.8 Å². The van der Waals surface area contributed by atoms with Crippen LogP contribution in [-0.4, -0.2) is 47.4 Å². The van der Waals surface area contributed by atoms with Crippen molar-refractivity contribution >= 4 is 0 Å². The molecule has 1 saturated heterocycles. The van der Waals surface area contributed by atoms with Crippen molar-refractivity contribution in [1.29, 1.82) is 0 Å². The van der Waals surface area contributed by atoms with Gasteiger partial charge in [0.25, 0.3) is 0 Å². The highest BCUT2D eigenvalue weighted by molar-refractivity contribution is 4.98. The van der Waals surface area contributed by atoms with Gasteiger partial charge in [0.15, 0.2) is 0 Å². The van der Waals surface area contributed by atoms with Gasteiger partial charge in [0.2, 0.25) is 0 Å². The van der Waals surface area contributed by atoms with Gasteiger partial charge in [0.1, 0.15) is 0 Å². The van der Waals surface area contributed by atoms with E-state index in [1.54, 1.807) is 0 Å². The van der Waals surface area contributed by atoms with Crippen molar-refractivity contribution in [3.63, 3.8) is 0 Å². The molecule has 0 bridgehead atoms. The normalized spacial score (nSPS) is 34.7. The Morgan fingerprint density at radius 1 is 1.06 bits per heavy atom. The Morgan fingerprint density at radius 3 is 2.28 bits per heavy atom. The van der Waals surface area contributed by atoms with Crippen molar-refractivity contribution in [3.8, 4) is 0 Å². The number of ether oxygens (including phenoxy) is 2. The van der Waals surface area contributed by atoms with Crippen molar-refractivity contribution in [2.75, 3.05) is 13.2 Å². The molecule has 2 aliphatic rings. The van der Waals surface area contributed by atoms with Crippen LogP contribution in [0.5, 0.6) is 0 Å². The SMILES string of the molecule is CC(C)(C)OC1CC2OCCN(C(C)(C)C)C2C1. The zero-order chi connectivity index (χ0) is 13.6. The van der Waals surface area contributed by atoms with Gasteiger partial charge >= 0.3 is 0 Å². The summed E-state index contributed by atoms with van der Waals surface area (Å²) in [5.74, 6) is 0. The maximum Gasteiger partial charge on any atom is 0.0756 e. The molecule has 3 heteroatoms. The summed E-state index contributed by atoms with van der Waals surface area (Å²) in [6.45, 7) is 15.2. The molecule has 3 unspecified atom stereocenters. The fourth-order valence-corrected chi connectivity index (χ4v) is 3.34. The van der Waals surface area contributed by atoms with Crippen LogP contribution in [0.1, 0.15) is 54.4 Å². The Balaban J connectivity index is 2.03. The van der Waals surface area contributed by atoms with E-state index >= 15 is 0 Å². The third kappa shape index (κ3) is 3.25. The predicted octanol–water partition coefficient (Wildman–Crippen LogP) is 2.83. The molecule has 106 valence electrons. The summed E-state index contributed by atoms with van der Waals surface area (Å²) in [4.78, 5) is 2.60. The Kier molecular flexibility index (Phi) is 3.79.